The first-order chi connectivity index (χ1) is 8.37. The standard InChI is InChI=1S/C11H16O7/c1-9(15-2)3-4-10(14)8(13)17-7-6(12)5-16-11(7,10)18-9/h6-7,12,14H,3-5H2,1-2H3. The molecule has 18 heavy (non-hydrogen) atoms. The predicted octanol–water partition coefficient (Wildman–Crippen LogP) is -1.10. The number of aliphatic hydroxyl groups excluding tert-OH is 1. The van der Waals surface area contributed by atoms with Crippen molar-refractivity contribution < 1.29 is 34.0 Å². The second-order valence-electron chi connectivity index (χ2n) is 5.17. The number of hydrogen-bond acceptors (Lipinski definition) is 7. The highest BCUT2D eigenvalue weighted by molar-refractivity contribution is 5.84. The van der Waals surface area contributed by atoms with Crippen molar-refractivity contribution in [2.75, 3.05) is 13.7 Å². The Hall–Kier alpha value is -0.730. The van der Waals surface area contributed by atoms with Gasteiger partial charge in [-0.15, -0.1) is 0 Å². The molecule has 0 radical (unpaired) electrons. The predicted molar refractivity (Wildman–Crippen MR) is 55.3 cm³/mol. The number of carbonyl (C=O) groups excluding carboxylic acids is 1. The monoisotopic (exact) mass is 260 g/mol. The maximum absolute atomic E-state index is 11.8. The van der Waals surface area contributed by atoms with Crippen LogP contribution in [0.3, 0.4) is 0 Å². The van der Waals surface area contributed by atoms with E-state index in [0.29, 0.717) is 6.42 Å². The number of rotatable bonds is 1. The van der Waals surface area contributed by atoms with Gasteiger partial charge in [0.1, 0.15) is 6.10 Å². The highest BCUT2D eigenvalue weighted by Crippen LogP contribution is 2.53. The van der Waals surface area contributed by atoms with E-state index < -0.39 is 35.4 Å². The zero-order chi connectivity index (χ0) is 13.2. The van der Waals surface area contributed by atoms with Crippen LogP contribution in [0.15, 0.2) is 0 Å². The SMILES string of the molecule is COC1(C)CCC2(O)C(=O)OC3C(O)COC32O1. The molecule has 0 bridgehead atoms. The fourth-order valence-electron chi connectivity index (χ4n) is 2.87. The fraction of sp³-hybridized carbons (Fsp3) is 0.909. The second kappa shape index (κ2) is 3.43. The van der Waals surface area contributed by atoms with Gasteiger partial charge in [-0.25, -0.2) is 4.79 Å². The molecule has 3 rings (SSSR count). The van der Waals surface area contributed by atoms with Crippen molar-refractivity contribution in [2.24, 2.45) is 0 Å². The van der Waals surface area contributed by atoms with Gasteiger partial charge in [0.2, 0.25) is 5.60 Å². The first-order valence-corrected chi connectivity index (χ1v) is 5.88. The van der Waals surface area contributed by atoms with E-state index in [9.17, 15) is 15.0 Å². The van der Waals surface area contributed by atoms with Crippen molar-refractivity contribution >= 4 is 5.97 Å². The second-order valence-corrected chi connectivity index (χ2v) is 5.17. The zero-order valence-corrected chi connectivity index (χ0v) is 10.2. The molecule has 2 N–H and O–H groups in total. The number of aliphatic hydroxyl groups is 2. The molecule has 0 saturated carbocycles. The summed E-state index contributed by atoms with van der Waals surface area (Å²) in [6.45, 7) is 1.63. The van der Waals surface area contributed by atoms with Crippen LogP contribution in [-0.4, -0.2) is 59.3 Å². The third kappa shape index (κ3) is 1.23. The molecule has 1 spiro atoms. The van der Waals surface area contributed by atoms with Crippen LogP contribution in [0.5, 0.6) is 0 Å². The number of hydrogen-bond donors (Lipinski definition) is 2. The molecule has 3 fully saturated rings. The number of esters is 1. The van der Waals surface area contributed by atoms with Gasteiger partial charge < -0.3 is 29.2 Å². The van der Waals surface area contributed by atoms with Gasteiger partial charge in [-0.2, -0.15) is 0 Å². The van der Waals surface area contributed by atoms with Crippen LogP contribution < -0.4 is 0 Å². The summed E-state index contributed by atoms with van der Waals surface area (Å²) in [7, 11) is 1.47. The summed E-state index contributed by atoms with van der Waals surface area (Å²) in [6, 6.07) is 0. The van der Waals surface area contributed by atoms with Crippen LogP contribution in [-0.2, 0) is 23.7 Å². The summed E-state index contributed by atoms with van der Waals surface area (Å²) in [5.41, 5.74) is -1.88. The lowest BCUT2D eigenvalue weighted by atomic mass is 9.82. The van der Waals surface area contributed by atoms with Crippen LogP contribution in [0.2, 0.25) is 0 Å². The number of carbonyl (C=O) groups is 1. The number of methoxy groups -OCH3 is 1. The van der Waals surface area contributed by atoms with Gasteiger partial charge in [0.05, 0.1) is 6.61 Å². The Labute approximate surface area is 104 Å². The normalized spacial score (nSPS) is 55.0. The number of ether oxygens (including phenoxy) is 4. The molecule has 0 amide bonds. The maximum atomic E-state index is 11.8. The third-order valence-corrected chi connectivity index (χ3v) is 4.08. The van der Waals surface area contributed by atoms with Gasteiger partial charge >= 0.3 is 5.97 Å². The Kier molecular flexibility index (Phi) is 2.34. The Morgan fingerprint density at radius 2 is 2.17 bits per heavy atom. The van der Waals surface area contributed by atoms with Crippen molar-refractivity contribution in [3.8, 4) is 0 Å². The van der Waals surface area contributed by atoms with Crippen LogP contribution in [0.25, 0.3) is 0 Å². The van der Waals surface area contributed by atoms with E-state index in [1.807, 2.05) is 0 Å². The van der Waals surface area contributed by atoms with Crippen molar-refractivity contribution in [3.05, 3.63) is 0 Å². The van der Waals surface area contributed by atoms with E-state index in [0.717, 1.165) is 0 Å². The summed E-state index contributed by atoms with van der Waals surface area (Å²) in [5, 5.41) is 20.3. The van der Waals surface area contributed by atoms with Crippen LogP contribution in [0.4, 0.5) is 0 Å². The maximum Gasteiger partial charge on any atom is 0.344 e. The average molecular weight is 260 g/mol. The molecular weight excluding hydrogens is 244 g/mol. The molecule has 5 unspecified atom stereocenters. The van der Waals surface area contributed by atoms with Gasteiger partial charge in [0.15, 0.2) is 11.9 Å². The Balaban J connectivity index is 2.04. The van der Waals surface area contributed by atoms with E-state index in [-0.39, 0.29) is 13.0 Å². The van der Waals surface area contributed by atoms with E-state index >= 15 is 0 Å². The quantitative estimate of drug-likeness (QED) is 0.578. The summed E-state index contributed by atoms with van der Waals surface area (Å²) in [5.74, 6) is -3.47. The lowest BCUT2D eigenvalue weighted by Gasteiger charge is -2.47. The Morgan fingerprint density at radius 3 is 2.83 bits per heavy atom. The topological polar surface area (TPSA) is 94.5 Å². The van der Waals surface area contributed by atoms with E-state index in [4.69, 9.17) is 18.9 Å². The lowest BCUT2D eigenvalue weighted by Crippen LogP contribution is -2.66. The summed E-state index contributed by atoms with van der Waals surface area (Å²) >= 11 is 0. The van der Waals surface area contributed by atoms with Crippen molar-refractivity contribution in [2.45, 2.75) is 49.1 Å². The highest BCUT2D eigenvalue weighted by atomic mass is 16.8. The van der Waals surface area contributed by atoms with Gasteiger partial charge in [-0.05, 0) is 13.3 Å². The molecule has 3 aliphatic heterocycles. The first-order valence-electron chi connectivity index (χ1n) is 5.88. The largest absolute Gasteiger partial charge is 0.451 e. The zero-order valence-electron chi connectivity index (χ0n) is 10.2. The molecule has 0 aliphatic carbocycles. The summed E-state index contributed by atoms with van der Waals surface area (Å²) in [4.78, 5) is 11.8. The fourth-order valence-corrected chi connectivity index (χ4v) is 2.87. The molecule has 102 valence electrons. The van der Waals surface area contributed by atoms with E-state index in [2.05, 4.69) is 0 Å². The molecular formula is C11H16O7. The highest BCUT2D eigenvalue weighted by Gasteiger charge is 2.77. The van der Waals surface area contributed by atoms with Crippen molar-refractivity contribution in [1.82, 2.24) is 0 Å². The van der Waals surface area contributed by atoms with Crippen LogP contribution >= 0.6 is 0 Å². The minimum absolute atomic E-state index is 0.0555. The molecule has 0 aromatic heterocycles. The molecule has 5 atom stereocenters. The molecule has 7 heteroatoms. The average Bonchev–Trinajstić information content (AvgIpc) is 2.75. The molecule has 3 saturated heterocycles. The Bertz CT molecular complexity index is 399. The van der Waals surface area contributed by atoms with E-state index in [1.54, 1.807) is 6.92 Å². The van der Waals surface area contributed by atoms with Gasteiger partial charge in [0, 0.05) is 13.5 Å². The molecule has 3 aliphatic rings. The van der Waals surface area contributed by atoms with Gasteiger partial charge in [-0.1, -0.05) is 0 Å². The smallest absolute Gasteiger partial charge is 0.344 e. The van der Waals surface area contributed by atoms with Gasteiger partial charge in [0.25, 0.3) is 5.79 Å². The van der Waals surface area contributed by atoms with Crippen molar-refractivity contribution in [1.29, 1.82) is 0 Å². The molecule has 0 aromatic carbocycles. The minimum Gasteiger partial charge on any atom is -0.451 e. The minimum atomic E-state index is -1.88. The molecule has 0 aromatic rings. The summed E-state index contributed by atoms with van der Waals surface area (Å²) in [6.07, 6.45) is -1.62. The summed E-state index contributed by atoms with van der Waals surface area (Å²) < 4.78 is 21.4. The molecule has 7 nitrogen and oxygen atoms in total. The van der Waals surface area contributed by atoms with Crippen LogP contribution in [0.1, 0.15) is 19.8 Å². The van der Waals surface area contributed by atoms with Crippen molar-refractivity contribution in [3.63, 3.8) is 0 Å². The van der Waals surface area contributed by atoms with E-state index in [1.165, 1.54) is 7.11 Å². The third-order valence-electron chi connectivity index (χ3n) is 4.08. The Morgan fingerprint density at radius 1 is 1.44 bits per heavy atom. The van der Waals surface area contributed by atoms with Gasteiger partial charge in [-0.3, -0.25) is 0 Å². The lowest BCUT2D eigenvalue weighted by molar-refractivity contribution is -0.401. The van der Waals surface area contributed by atoms with Crippen LogP contribution in [0, 0.1) is 0 Å². The molecule has 3 heterocycles. The first kappa shape index (κ1) is 12.3.